The van der Waals surface area contributed by atoms with Crippen molar-refractivity contribution < 1.29 is 18.0 Å². The van der Waals surface area contributed by atoms with Gasteiger partial charge in [0.1, 0.15) is 0 Å². The van der Waals surface area contributed by atoms with Crippen molar-refractivity contribution in [2.45, 2.75) is 52.6 Å². The molecule has 1 amide bonds. The molecule has 0 aromatic heterocycles. The van der Waals surface area contributed by atoms with Gasteiger partial charge >= 0.3 is 6.18 Å². The molecule has 0 saturated heterocycles. The molecule has 2 nitrogen and oxygen atoms in total. The van der Waals surface area contributed by atoms with Crippen LogP contribution in [0.3, 0.4) is 0 Å². The number of hydrogen-bond acceptors (Lipinski definition) is 1. The molecule has 0 saturated carbocycles. The molecule has 0 heterocycles. The van der Waals surface area contributed by atoms with E-state index in [1.807, 2.05) is 12.1 Å². The molecule has 0 bridgehead atoms. The van der Waals surface area contributed by atoms with Crippen molar-refractivity contribution in [3.63, 3.8) is 0 Å². The van der Waals surface area contributed by atoms with Crippen molar-refractivity contribution in [2.24, 2.45) is 5.41 Å². The minimum Gasteiger partial charge on any atom is -0.283 e. The number of anilines is 2. The third kappa shape index (κ3) is 4.90. The Bertz CT molecular complexity index is 783. The van der Waals surface area contributed by atoms with Crippen LogP contribution in [-0.4, -0.2) is 6.41 Å². The lowest BCUT2D eigenvalue weighted by molar-refractivity contribution is -0.137. The summed E-state index contributed by atoms with van der Waals surface area (Å²) in [6.07, 6.45) is -2.22. The van der Waals surface area contributed by atoms with Crippen molar-refractivity contribution in [2.75, 3.05) is 4.90 Å². The highest BCUT2D eigenvalue weighted by Gasteiger charge is 2.35. The van der Waals surface area contributed by atoms with Gasteiger partial charge in [-0.05, 0) is 41.5 Å². The fraction of sp³-hybridized carbons (Fsp3) is 0.409. The fourth-order valence-corrected chi connectivity index (χ4v) is 3.37. The first-order valence-electron chi connectivity index (χ1n) is 9.10. The van der Waals surface area contributed by atoms with E-state index < -0.39 is 11.7 Å². The number of carbonyl (C=O) groups is 1. The van der Waals surface area contributed by atoms with Gasteiger partial charge in [0.2, 0.25) is 6.41 Å². The molecule has 27 heavy (non-hydrogen) atoms. The van der Waals surface area contributed by atoms with Gasteiger partial charge < -0.3 is 0 Å². The summed E-state index contributed by atoms with van der Waals surface area (Å²) in [7, 11) is 0. The Balaban J connectivity index is 2.53. The Morgan fingerprint density at radius 3 is 2.11 bits per heavy atom. The van der Waals surface area contributed by atoms with Gasteiger partial charge in [0.25, 0.3) is 0 Å². The number of benzene rings is 2. The monoisotopic (exact) mass is 377 g/mol. The van der Waals surface area contributed by atoms with Crippen LogP contribution >= 0.6 is 0 Å². The first kappa shape index (κ1) is 21.0. The van der Waals surface area contributed by atoms with E-state index in [0.717, 1.165) is 29.4 Å². The fourth-order valence-electron chi connectivity index (χ4n) is 3.37. The predicted octanol–water partition coefficient (Wildman–Crippen LogP) is 6.93. The molecule has 2 aromatic rings. The van der Waals surface area contributed by atoms with Crippen LogP contribution in [0, 0.1) is 5.41 Å². The Morgan fingerprint density at radius 2 is 1.56 bits per heavy atom. The van der Waals surface area contributed by atoms with Crippen molar-refractivity contribution in [3.8, 4) is 0 Å². The highest BCUT2D eigenvalue weighted by atomic mass is 19.4. The molecule has 1 unspecified atom stereocenters. The molecule has 146 valence electrons. The zero-order valence-electron chi connectivity index (χ0n) is 16.2. The van der Waals surface area contributed by atoms with Gasteiger partial charge in [-0.2, -0.15) is 13.2 Å². The normalized spacial score (nSPS) is 13.3. The van der Waals surface area contributed by atoms with Crippen LogP contribution in [-0.2, 0) is 11.0 Å². The van der Waals surface area contributed by atoms with Crippen LogP contribution in [0.5, 0.6) is 0 Å². The van der Waals surface area contributed by atoms with E-state index in [1.165, 1.54) is 18.2 Å². The molecule has 0 spiro atoms. The maximum Gasteiger partial charge on any atom is 0.418 e. The summed E-state index contributed by atoms with van der Waals surface area (Å²) in [6, 6.07) is 12.3. The molecule has 2 aromatic carbocycles. The summed E-state index contributed by atoms with van der Waals surface area (Å²) >= 11 is 0. The molecule has 0 fully saturated rings. The summed E-state index contributed by atoms with van der Waals surface area (Å²) in [6.45, 7) is 8.51. The second kappa shape index (κ2) is 8.15. The molecule has 0 aliphatic carbocycles. The minimum atomic E-state index is -4.54. The van der Waals surface area contributed by atoms with E-state index in [-0.39, 0.29) is 17.0 Å². The maximum atomic E-state index is 13.4. The third-order valence-corrected chi connectivity index (χ3v) is 5.12. The van der Waals surface area contributed by atoms with E-state index >= 15 is 0 Å². The third-order valence-electron chi connectivity index (χ3n) is 5.12. The standard InChI is InChI=1S/C22H26F3NO/c1-5-21(3,4)14-16(2)17-10-6-8-12-19(17)26(15-27)20-13-9-7-11-18(20)22(23,24)25/h6-13,15-16H,5,14H2,1-4H3. The van der Waals surface area contributed by atoms with Crippen molar-refractivity contribution in [1.82, 2.24) is 0 Å². The van der Waals surface area contributed by atoms with Gasteiger partial charge in [-0.15, -0.1) is 0 Å². The molecule has 0 aliphatic rings. The smallest absolute Gasteiger partial charge is 0.283 e. The van der Waals surface area contributed by atoms with Gasteiger partial charge in [0.05, 0.1) is 16.9 Å². The highest BCUT2D eigenvalue weighted by Crippen LogP contribution is 2.42. The summed E-state index contributed by atoms with van der Waals surface area (Å²) in [4.78, 5) is 13.0. The van der Waals surface area contributed by atoms with Crippen LogP contribution in [0.25, 0.3) is 0 Å². The number of hydrogen-bond donors (Lipinski definition) is 0. The van der Waals surface area contributed by atoms with Crippen LogP contribution in [0.1, 0.15) is 57.6 Å². The molecule has 2 rings (SSSR count). The predicted molar refractivity (Wildman–Crippen MR) is 103 cm³/mol. The number of halogens is 3. The van der Waals surface area contributed by atoms with E-state index in [1.54, 1.807) is 12.1 Å². The molecule has 0 radical (unpaired) electrons. The van der Waals surface area contributed by atoms with Crippen LogP contribution < -0.4 is 4.90 Å². The molecule has 1 atom stereocenters. The average molecular weight is 377 g/mol. The summed E-state index contributed by atoms with van der Waals surface area (Å²) < 4.78 is 40.3. The molecular weight excluding hydrogens is 351 g/mol. The second-order valence-electron chi connectivity index (χ2n) is 7.67. The van der Waals surface area contributed by atoms with Gasteiger partial charge in [-0.1, -0.05) is 64.4 Å². The van der Waals surface area contributed by atoms with E-state index in [2.05, 4.69) is 27.7 Å². The number of alkyl halides is 3. The van der Waals surface area contributed by atoms with E-state index in [9.17, 15) is 18.0 Å². The molecule has 5 heteroatoms. The Kier molecular flexibility index (Phi) is 6.34. The first-order valence-corrected chi connectivity index (χ1v) is 9.10. The Hall–Kier alpha value is -2.30. The molecular formula is C22H26F3NO. The van der Waals surface area contributed by atoms with Crippen LogP contribution in [0.2, 0.25) is 0 Å². The maximum absolute atomic E-state index is 13.4. The zero-order chi connectivity index (χ0) is 20.2. The largest absolute Gasteiger partial charge is 0.418 e. The summed E-state index contributed by atoms with van der Waals surface area (Å²) in [5.41, 5.74) is 0.470. The number of amides is 1. The average Bonchev–Trinajstić information content (AvgIpc) is 2.62. The van der Waals surface area contributed by atoms with Gasteiger partial charge in [-0.25, -0.2) is 0 Å². The Labute approximate surface area is 159 Å². The van der Waals surface area contributed by atoms with Crippen molar-refractivity contribution in [1.29, 1.82) is 0 Å². The molecule has 0 aliphatic heterocycles. The van der Waals surface area contributed by atoms with Crippen molar-refractivity contribution in [3.05, 3.63) is 59.7 Å². The number of carbonyl (C=O) groups excluding carboxylic acids is 1. The van der Waals surface area contributed by atoms with Gasteiger partial charge in [0, 0.05) is 0 Å². The van der Waals surface area contributed by atoms with Crippen LogP contribution in [0.15, 0.2) is 48.5 Å². The zero-order valence-corrected chi connectivity index (χ0v) is 16.2. The lowest BCUT2D eigenvalue weighted by Gasteiger charge is -2.30. The molecule has 0 N–H and O–H groups in total. The summed E-state index contributed by atoms with van der Waals surface area (Å²) in [5.74, 6) is 0.0941. The van der Waals surface area contributed by atoms with Gasteiger partial charge in [-0.3, -0.25) is 9.69 Å². The topological polar surface area (TPSA) is 20.3 Å². The quantitative estimate of drug-likeness (QED) is 0.479. The van der Waals surface area contributed by atoms with Crippen LogP contribution in [0.4, 0.5) is 24.5 Å². The number of rotatable bonds is 7. The minimum absolute atomic E-state index is 0.0941. The van der Waals surface area contributed by atoms with Crippen molar-refractivity contribution >= 4 is 17.8 Å². The SMILES string of the molecule is CCC(C)(C)CC(C)c1ccccc1N(C=O)c1ccccc1C(F)(F)F. The second-order valence-corrected chi connectivity index (χ2v) is 7.67. The van der Waals surface area contributed by atoms with Gasteiger partial charge in [0.15, 0.2) is 0 Å². The van der Waals surface area contributed by atoms with E-state index in [4.69, 9.17) is 0 Å². The number of nitrogens with zero attached hydrogens (tertiary/aromatic N) is 1. The lowest BCUT2D eigenvalue weighted by Crippen LogP contribution is -2.22. The summed E-state index contributed by atoms with van der Waals surface area (Å²) in [5, 5.41) is 0. The highest BCUT2D eigenvalue weighted by molar-refractivity contribution is 5.89. The Morgan fingerprint density at radius 1 is 1.00 bits per heavy atom. The number of para-hydroxylation sites is 2. The first-order chi connectivity index (χ1) is 12.6. The lowest BCUT2D eigenvalue weighted by atomic mass is 9.78. The van der Waals surface area contributed by atoms with E-state index in [0.29, 0.717) is 12.1 Å².